The number of H-pyrrole nitrogens is 1. The second-order valence-corrected chi connectivity index (χ2v) is 8.06. The Morgan fingerprint density at radius 3 is 2.66 bits per heavy atom. The second kappa shape index (κ2) is 7.52. The van der Waals surface area contributed by atoms with E-state index in [2.05, 4.69) is 22.2 Å². The van der Waals surface area contributed by atoms with Gasteiger partial charge in [0.1, 0.15) is 22.8 Å². The number of rotatable bonds is 6. The van der Waals surface area contributed by atoms with Crippen molar-refractivity contribution in [1.29, 1.82) is 0 Å². The zero-order valence-electron chi connectivity index (χ0n) is 17.1. The molecule has 6 nitrogen and oxygen atoms in total. The number of carbonyl (C=O) groups is 2. The van der Waals surface area contributed by atoms with E-state index in [1.165, 1.54) is 0 Å². The van der Waals surface area contributed by atoms with Crippen LogP contribution in [0.2, 0.25) is 0 Å². The minimum atomic E-state index is -0.852. The predicted molar refractivity (Wildman–Crippen MR) is 114 cm³/mol. The van der Waals surface area contributed by atoms with Crippen LogP contribution in [-0.2, 0) is 4.79 Å². The number of aromatic nitrogens is 2. The van der Waals surface area contributed by atoms with Gasteiger partial charge < -0.3 is 10.3 Å². The number of Topliss-reactive ketones (excluding diaryl/α,β-unsaturated/α-hetero) is 2. The fourth-order valence-electron chi connectivity index (χ4n) is 4.01. The molecule has 1 atom stereocenters. The molecule has 4 rings (SSSR count). The van der Waals surface area contributed by atoms with Gasteiger partial charge in [-0.3, -0.25) is 14.6 Å². The quantitative estimate of drug-likeness (QED) is 0.740. The highest BCUT2D eigenvalue weighted by molar-refractivity contribution is 6.30. The highest BCUT2D eigenvalue weighted by Crippen LogP contribution is 2.41. The minimum Gasteiger partial charge on any atom is -0.335 e. The number of carbonyl (C=O) groups excluding carboxylic acids is 2. The molecule has 0 saturated heterocycles. The lowest BCUT2D eigenvalue weighted by Crippen LogP contribution is -2.41. The number of fused-ring (bicyclic) bond motifs is 2. The number of allylic oxidation sites excluding steroid dienone is 1. The third kappa shape index (κ3) is 3.38. The molecule has 1 aromatic carbocycles. The van der Waals surface area contributed by atoms with Gasteiger partial charge in [-0.15, -0.1) is 0 Å². The Kier molecular flexibility index (Phi) is 5.04. The van der Waals surface area contributed by atoms with Gasteiger partial charge in [-0.1, -0.05) is 37.3 Å². The van der Waals surface area contributed by atoms with E-state index in [0.29, 0.717) is 34.8 Å². The highest BCUT2D eigenvalue weighted by Gasteiger charge is 2.45. The first-order valence-corrected chi connectivity index (χ1v) is 10.2. The van der Waals surface area contributed by atoms with Crippen LogP contribution in [0, 0.1) is 5.92 Å². The number of nitrogens with one attached hydrogen (secondary N) is 2. The monoisotopic (exact) mass is 390 g/mol. The summed E-state index contributed by atoms with van der Waals surface area (Å²) < 4.78 is 0. The van der Waals surface area contributed by atoms with Crippen LogP contribution < -0.4 is 5.32 Å². The molecule has 0 bridgehead atoms. The molecule has 29 heavy (non-hydrogen) atoms. The van der Waals surface area contributed by atoms with Gasteiger partial charge in [-0.2, -0.15) is 0 Å². The fraction of sp³-hybridized carbons (Fsp3) is 0.391. The first-order chi connectivity index (χ1) is 13.9. The summed E-state index contributed by atoms with van der Waals surface area (Å²) in [5, 5.41) is 3.29. The van der Waals surface area contributed by atoms with Crippen LogP contribution in [-0.4, -0.2) is 46.4 Å². The van der Waals surface area contributed by atoms with Crippen molar-refractivity contribution in [3.05, 3.63) is 47.3 Å². The molecule has 0 saturated carbocycles. The lowest BCUT2D eigenvalue weighted by molar-refractivity contribution is -0.119. The zero-order chi connectivity index (χ0) is 20.6. The minimum absolute atomic E-state index is 0.0515. The maximum Gasteiger partial charge on any atom is 0.188 e. The Morgan fingerprint density at radius 1 is 1.17 bits per heavy atom. The van der Waals surface area contributed by atoms with Gasteiger partial charge in [0, 0.05) is 22.9 Å². The number of dihydropyridines is 1. The lowest BCUT2D eigenvalue weighted by atomic mass is 9.73. The predicted octanol–water partition coefficient (Wildman–Crippen LogP) is 3.46. The van der Waals surface area contributed by atoms with Crippen LogP contribution >= 0.6 is 0 Å². The van der Waals surface area contributed by atoms with Gasteiger partial charge in [0.05, 0.1) is 5.92 Å². The number of nitrogens with zero attached hydrogens (tertiary/aromatic N) is 2. The van der Waals surface area contributed by atoms with Crippen LogP contribution in [0.3, 0.4) is 0 Å². The molecule has 0 spiro atoms. The third-order valence-corrected chi connectivity index (χ3v) is 5.62. The molecule has 2 N–H and O–H groups in total. The highest BCUT2D eigenvalue weighted by atomic mass is 16.1. The molecule has 0 amide bonds. The van der Waals surface area contributed by atoms with Crippen LogP contribution in [0.4, 0.5) is 0 Å². The maximum absolute atomic E-state index is 13.4. The van der Waals surface area contributed by atoms with Gasteiger partial charge in [-0.25, -0.2) is 4.98 Å². The smallest absolute Gasteiger partial charge is 0.188 e. The summed E-state index contributed by atoms with van der Waals surface area (Å²) in [6, 6.07) is 9.69. The van der Waals surface area contributed by atoms with E-state index in [4.69, 9.17) is 4.98 Å². The standard InChI is InChI=1S/C23H26N4O2/c1-4-24-12-8-11-15-17-16(13-25-23(2,3)21(17)29)18-19(20(15)28)27-22(26-18)14-9-6-5-7-10-14/h5-7,9-10,13,15,24H,4,8,11-12H2,1-3H3,(H,26,27). The fourth-order valence-corrected chi connectivity index (χ4v) is 4.01. The van der Waals surface area contributed by atoms with Crippen molar-refractivity contribution >= 4 is 23.4 Å². The van der Waals surface area contributed by atoms with Crippen molar-refractivity contribution < 1.29 is 9.59 Å². The molecule has 0 fully saturated rings. The zero-order valence-corrected chi connectivity index (χ0v) is 17.1. The molecule has 1 aromatic heterocycles. The van der Waals surface area contributed by atoms with Crippen LogP contribution in [0.25, 0.3) is 17.0 Å². The summed E-state index contributed by atoms with van der Waals surface area (Å²) in [5.74, 6) is 0.0460. The van der Waals surface area contributed by atoms with Crippen molar-refractivity contribution in [3.8, 4) is 11.4 Å². The summed E-state index contributed by atoms with van der Waals surface area (Å²) in [5.41, 5.74) is 2.34. The van der Waals surface area contributed by atoms with Gasteiger partial charge in [-0.05, 0) is 39.8 Å². The van der Waals surface area contributed by atoms with Gasteiger partial charge in [0.15, 0.2) is 11.6 Å². The Balaban J connectivity index is 1.79. The van der Waals surface area contributed by atoms with Crippen LogP contribution in [0.5, 0.6) is 0 Å². The summed E-state index contributed by atoms with van der Waals surface area (Å²) in [7, 11) is 0. The summed E-state index contributed by atoms with van der Waals surface area (Å²) >= 11 is 0. The van der Waals surface area contributed by atoms with Crippen molar-refractivity contribution in [2.45, 2.75) is 39.2 Å². The molecule has 150 valence electrons. The van der Waals surface area contributed by atoms with Gasteiger partial charge in [0.25, 0.3) is 0 Å². The first-order valence-electron chi connectivity index (χ1n) is 10.2. The number of aliphatic imine (C=N–C) groups is 1. The number of hydrogen-bond donors (Lipinski definition) is 2. The molecule has 1 aliphatic heterocycles. The van der Waals surface area contributed by atoms with E-state index in [0.717, 1.165) is 25.1 Å². The van der Waals surface area contributed by atoms with Crippen molar-refractivity contribution in [3.63, 3.8) is 0 Å². The van der Waals surface area contributed by atoms with Crippen molar-refractivity contribution in [2.75, 3.05) is 13.1 Å². The van der Waals surface area contributed by atoms with Crippen molar-refractivity contribution in [2.24, 2.45) is 10.9 Å². The van der Waals surface area contributed by atoms with Gasteiger partial charge >= 0.3 is 0 Å². The Hall–Kier alpha value is -2.86. The maximum atomic E-state index is 13.4. The summed E-state index contributed by atoms with van der Waals surface area (Å²) in [6.45, 7) is 7.35. The topological polar surface area (TPSA) is 87.2 Å². The van der Waals surface area contributed by atoms with Crippen LogP contribution in [0.1, 0.15) is 49.8 Å². The molecule has 2 heterocycles. The average molecular weight is 390 g/mol. The molecular weight excluding hydrogens is 364 g/mol. The number of ketones is 2. The molecule has 1 unspecified atom stereocenters. The molecule has 2 aliphatic rings. The molecule has 6 heteroatoms. The average Bonchev–Trinajstić information content (AvgIpc) is 3.16. The summed E-state index contributed by atoms with van der Waals surface area (Å²) in [4.78, 5) is 39.0. The molecule has 2 aromatic rings. The van der Waals surface area contributed by atoms with E-state index < -0.39 is 11.5 Å². The Labute approximate surface area is 170 Å². The molecular formula is C23H26N4O2. The number of aromatic amines is 1. The van der Waals surface area contributed by atoms with E-state index in [1.54, 1.807) is 20.1 Å². The molecule has 1 aliphatic carbocycles. The van der Waals surface area contributed by atoms with E-state index in [1.807, 2.05) is 30.3 Å². The second-order valence-electron chi connectivity index (χ2n) is 8.06. The summed E-state index contributed by atoms with van der Waals surface area (Å²) in [6.07, 6.45) is 3.18. The first kappa shape index (κ1) is 19.5. The lowest BCUT2D eigenvalue weighted by Gasteiger charge is -2.32. The number of hydrogen-bond acceptors (Lipinski definition) is 5. The number of benzene rings is 1. The van der Waals surface area contributed by atoms with E-state index in [9.17, 15) is 9.59 Å². The number of imidazole rings is 1. The normalized spacial score (nSPS) is 20.0. The largest absolute Gasteiger partial charge is 0.335 e. The molecule has 0 radical (unpaired) electrons. The van der Waals surface area contributed by atoms with Gasteiger partial charge in [0.2, 0.25) is 0 Å². The van der Waals surface area contributed by atoms with Crippen molar-refractivity contribution in [1.82, 2.24) is 15.3 Å². The van der Waals surface area contributed by atoms with E-state index in [-0.39, 0.29) is 11.6 Å². The Morgan fingerprint density at radius 2 is 1.93 bits per heavy atom. The Bertz CT molecular complexity index is 1010. The van der Waals surface area contributed by atoms with E-state index >= 15 is 0 Å². The van der Waals surface area contributed by atoms with Crippen LogP contribution in [0.15, 0.2) is 40.9 Å². The third-order valence-electron chi connectivity index (χ3n) is 5.62. The SMILES string of the molecule is CCNCCCC1C(=O)c2[nH]c(-c3ccccc3)nc2C2=C1C(=O)C(C)(C)N=C2.